The Morgan fingerprint density at radius 3 is 2.81 bits per heavy atom. The Bertz CT molecular complexity index is 602. The SMILES string of the molecule is O=C(C1=C(OCCBr)CS[C@H]2CC(=O)N12)c1ccccc1. The summed E-state index contributed by atoms with van der Waals surface area (Å²) in [6, 6.07) is 9.03. The summed E-state index contributed by atoms with van der Waals surface area (Å²) in [6.07, 6.45) is 0.502. The number of halogens is 1. The van der Waals surface area contributed by atoms with E-state index >= 15 is 0 Å². The van der Waals surface area contributed by atoms with E-state index < -0.39 is 0 Å². The highest BCUT2D eigenvalue weighted by molar-refractivity contribution is 9.09. The molecular weight excluding hydrogens is 354 g/mol. The van der Waals surface area contributed by atoms with Crippen LogP contribution in [0.3, 0.4) is 0 Å². The Kier molecular flexibility index (Phi) is 4.35. The molecule has 0 bridgehead atoms. The Hall–Kier alpha value is -1.27. The number of alkyl halides is 1. The Balaban J connectivity index is 1.97. The van der Waals surface area contributed by atoms with Crippen LogP contribution in [0.15, 0.2) is 41.8 Å². The van der Waals surface area contributed by atoms with Crippen molar-refractivity contribution in [2.45, 2.75) is 11.8 Å². The van der Waals surface area contributed by atoms with Gasteiger partial charge in [-0.25, -0.2) is 0 Å². The molecule has 21 heavy (non-hydrogen) atoms. The monoisotopic (exact) mass is 367 g/mol. The van der Waals surface area contributed by atoms with Gasteiger partial charge >= 0.3 is 0 Å². The molecule has 3 rings (SSSR count). The van der Waals surface area contributed by atoms with Gasteiger partial charge in [0, 0.05) is 10.9 Å². The molecule has 0 unspecified atom stereocenters. The maximum Gasteiger partial charge on any atom is 0.231 e. The van der Waals surface area contributed by atoms with Crippen LogP contribution in [-0.4, -0.2) is 39.7 Å². The average molecular weight is 368 g/mol. The number of carbonyl (C=O) groups is 2. The molecule has 4 nitrogen and oxygen atoms in total. The lowest BCUT2D eigenvalue weighted by atomic mass is 10.0. The molecule has 0 aliphatic carbocycles. The first-order valence-corrected chi connectivity index (χ1v) is 8.84. The number of allylic oxidation sites excluding steroid dienone is 1. The Morgan fingerprint density at radius 1 is 1.38 bits per heavy atom. The standard InChI is InChI=1S/C15H14BrNO3S/c16-6-7-20-11-9-21-13-8-12(18)17(13)14(11)15(19)10-4-2-1-3-5-10/h1-5,13H,6-9H2/t13-/m0/s1. The van der Waals surface area contributed by atoms with Crippen molar-refractivity contribution in [3.8, 4) is 0 Å². The van der Waals surface area contributed by atoms with Gasteiger partial charge in [-0.05, 0) is 0 Å². The van der Waals surface area contributed by atoms with Crippen LogP contribution in [0, 0.1) is 0 Å². The third kappa shape index (κ3) is 2.74. The fourth-order valence-electron chi connectivity index (χ4n) is 2.40. The van der Waals surface area contributed by atoms with Gasteiger partial charge in [0.2, 0.25) is 11.7 Å². The highest BCUT2D eigenvalue weighted by Gasteiger charge is 2.46. The summed E-state index contributed by atoms with van der Waals surface area (Å²) in [6.45, 7) is 0.480. The Morgan fingerprint density at radius 2 is 2.14 bits per heavy atom. The predicted octanol–water partition coefficient (Wildman–Crippen LogP) is 2.80. The van der Waals surface area contributed by atoms with Crippen molar-refractivity contribution in [2.24, 2.45) is 0 Å². The van der Waals surface area contributed by atoms with E-state index in [0.29, 0.717) is 41.1 Å². The zero-order chi connectivity index (χ0) is 14.8. The smallest absolute Gasteiger partial charge is 0.231 e. The highest BCUT2D eigenvalue weighted by atomic mass is 79.9. The molecule has 0 N–H and O–H groups in total. The van der Waals surface area contributed by atoms with Crippen LogP contribution >= 0.6 is 27.7 Å². The minimum Gasteiger partial charge on any atom is -0.494 e. The molecule has 2 heterocycles. The fourth-order valence-corrected chi connectivity index (χ4v) is 3.76. The number of rotatable bonds is 5. The van der Waals surface area contributed by atoms with Crippen LogP contribution in [-0.2, 0) is 9.53 Å². The largest absolute Gasteiger partial charge is 0.494 e. The molecule has 6 heteroatoms. The lowest BCUT2D eigenvalue weighted by Gasteiger charge is -2.44. The average Bonchev–Trinajstić information content (AvgIpc) is 2.52. The van der Waals surface area contributed by atoms with Crippen LogP contribution in [0.4, 0.5) is 0 Å². The summed E-state index contributed by atoms with van der Waals surface area (Å²) in [5, 5.41) is 0.766. The number of hydrogen-bond donors (Lipinski definition) is 0. The number of Topliss-reactive ketones (excluding diaryl/α,β-unsaturated/α-hetero) is 1. The molecule has 0 radical (unpaired) electrons. The van der Waals surface area contributed by atoms with Crippen molar-refractivity contribution >= 4 is 39.4 Å². The van der Waals surface area contributed by atoms with Crippen LogP contribution in [0.5, 0.6) is 0 Å². The van der Waals surface area contributed by atoms with Crippen LogP contribution in [0.1, 0.15) is 16.8 Å². The molecule has 1 aromatic carbocycles. The molecule has 2 aliphatic heterocycles. The number of benzene rings is 1. The number of ether oxygens (including phenoxy) is 1. The van der Waals surface area contributed by atoms with Crippen molar-refractivity contribution < 1.29 is 14.3 Å². The predicted molar refractivity (Wildman–Crippen MR) is 85.3 cm³/mol. The van der Waals surface area contributed by atoms with E-state index in [1.165, 1.54) is 0 Å². The van der Waals surface area contributed by atoms with E-state index in [9.17, 15) is 9.59 Å². The minimum atomic E-state index is -0.140. The number of fused-ring (bicyclic) bond motifs is 1. The fraction of sp³-hybridized carbons (Fsp3) is 0.333. The topological polar surface area (TPSA) is 46.6 Å². The van der Waals surface area contributed by atoms with Crippen molar-refractivity contribution in [3.63, 3.8) is 0 Å². The summed E-state index contributed by atoms with van der Waals surface area (Å²) >= 11 is 4.96. The van der Waals surface area contributed by atoms with E-state index in [1.807, 2.05) is 18.2 Å². The van der Waals surface area contributed by atoms with Gasteiger partial charge < -0.3 is 4.74 Å². The summed E-state index contributed by atoms with van der Waals surface area (Å²) in [7, 11) is 0. The number of β-lactam (4-membered cyclic amide) rings is 1. The number of thioether (sulfide) groups is 1. The highest BCUT2D eigenvalue weighted by Crippen LogP contribution is 2.41. The van der Waals surface area contributed by atoms with Crippen molar-refractivity contribution in [2.75, 3.05) is 17.7 Å². The maximum atomic E-state index is 12.8. The third-order valence-corrected chi connectivity index (χ3v) is 4.94. The molecule has 0 saturated carbocycles. The number of nitrogens with zero attached hydrogens (tertiary/aromatic N) is 1. The van der Waals surface area contributed by atoms with Gasteiger partial charge in [-0.1, -0.05) is 46.3 Å². The van der Waals surface area contributed by atoms with Crippen molar-refractivity contribution in [1.29, 1.82) is 0 Å². The molecule has 0 spiro atoms. The van der Waals surface area contributed by atoms with Gasteiger partial charge in [-0.15, -0.1) is 11.8 Å². The second kappa shape index (κ2) is 6.23. The summed E-state index contributed by atoms with van der Waals surface area (Å²) < 4.78 is 5.69. The molecule has 1 saturated heterocycles. The van der Waals surface area contributed by atoms with E-state index in [2.05, 4.69) is 15.9 Å². The molecular formula is C15H14BrNO3S. The van der Waals surface area contributed by atoms with Gasteiger partial charge in [0.1, 0.15) is 11.5 Å². The number of ketones is 1. The van der Waals surface area contributed by atoms with Crippen LogP contribution < -0.4 is 0 Å². The molecule has 1 amide bonds. The van der Waals surface area contributed by atoms with E-state index in [1.54, 1.807) is 28.8 Å². The summed E-state index contributed by atoms with van der Waals surface area (Å²) in [4.78, 5) is 26.2. The summed E-state index contributed by atoms with van der Waals surface area (Å²) in [5.41, 5.74) is 1.000. The van der Waals surface area contributed by atoms with Gasteiger partial charge in [0.25, 0.3) is 0 Å². The molecule has 110 valence electrons. The van der Waals surface area contributed by atoms with E-state index in [-0.39, 0.29) is 17.1 Å². The second-order valence-corrected chi connectivity index (χ2v) is 6.70. The van der Waals surface area contributed by atoms with Gasteiger partial charge in [0.05, 0.1) is 24.2 Å². The van der Waals surface area contributed by atoms with E-state index in [0.717, 1.165) is 0 Å². The molecule has 0 aromatic heterocycles. The first-order chi connectivity index (χ1) is 10.2. The lowest BCUT2D eigenvalue weighted by Crippen LogP contribution is -2.54. The normalized spacial score (nSPS) is 20.9. The second-order valence-electron chi connectivity index (χ2n) is 4.74. The quantitative estimate of drug-likeness (QED) is 0.456. The van der Waals surface area contributed by atoms with Gasteiger partial charge in [-0.2, -0.15) is 0 Å². The first-order valence-electron chi connectivity index (χ1n) is 6.67. The first kappa shape index (κ1) is 14.7. The van der Waals surface area contributed by atoms with Gasteiger partial charge in [0.15, 0.2) is 0 Å². The molecule has 1 aromatic rings. The van der Waals surface area contributed by atoms with E-state index in [4.69, 9.17) is 4.74 Å². The number of amides is 1. The zero-order valence-electron chi connectivity index (χ0n) is 11.3. The molecule has 1 atom stereocenters. The Labute approximate surface area is 135 Å². The van der Waals surface area contributed by atoms with Crippen LogP contribution in [0.2, 0.25) is 0 Å². The number of carbonyl (C=O) groups excluding carboxylic acids is 2. The lowest BCUT2D eigenvalue weighted by molar-refractivity contribution is -0.138. The van der Waals surface area contributed by atoms with Crippen molar-refractivity contribution in [1.82, 2.24) is 4.90 Å². The third-order valence-electron chi connectivity index (χ3n) is 3.42. The summed E-state index contributed by atoms with van der Waals surface area (Å²) in [5.74, 6) is 1.09. The maximum absolute atomic E-state index is 12.8. The molecule has 1 fully saturated rings. The zero-order valence-corrected chi connectivity index (χ0v) is 13.7. The van der Waals surface area contributed by atoms with Crippen LogP contribution in [0.25, 0.3) is 0 Å². The van der Waals surface area contributed by atoms with Crippen molar-refractivity contribution in [3.05, 3.63) is 47.4 Å². The van der Waals surface area contributed by atoms with Gasteiger partial charge in [-0.3, -0.25) is 14.5 Å². The molecule has 2 aliphatic rings. The minimum absolute atomic E-state index is 0.00794. The number of hydrogen-bond acceptors (Lipinski definition) is 4.